The highest BCUT2D eigenvalue weighted by molar-refractivity contribution is 4.83. The van der Waals surface area contributed by atoms with Crippen molar-refractivity contribution in [2.45, 2.75) is 64.8 Å². The Bertz CT molecular complexity index is 206. The molecule has 0 heterocycles. The van der Waals surface area contributed by atoms with E-state index in [9.17, 15) is 15.3 Å². The predicted octanol–water partition coefficient (Wildman–Crippen LogP) is 2.11. The lowest BCUT2D eigenvalue weighted by Crippen LogP contribution is -2.32. The first-order valence-corrected chi connectivity index (χ1v) is 6.59. The third kappa shape index (κ3) is 6.81. The maximum atomic E-state index is 9.85. The lowest BCUT2D eigenvalue weighted by molar-refractivity contribution is -0.0183. The Hall–Kier alpha value is -0.380. The van der Waals surface area contributed by atoms with E-state index < -0.39 is 18.3 Å². The molecule has 3 heteroatoms. The fraction of sp³-hybridized carbons (Fsp3) is 0.857. The van der Waals surface area contributed by atoms with Crippen molar-refractivity contribution in [2.24, 2.45) is 11.8 Å². The third-order valence-corrected chi connectivity index (χ3v) is 3.53. The second kappa shape index (κ2) is 8.67. The van der Waals surface area contributed by atoms with Crippen molar-refractivity contribution in [2.75, 3.05) is 0 Å². The molecular weight excluding hydrogens is 216 g/mol. The van der Waals surface area contributed by atoms with Crippen LogP contribution in [0.2, 0.25) is 0 Å². The van der Waals surface area contributed by atoms with Gasteiger partial charge in [-0.2, -0.15) is 0 Å². The average Bonchev–Trinajstić information content (AvgIpc) is 2.28. The summed E-state index contributed by atoms with van der Waals surface area (Å²) >= 11 is 0. The van der Waals surface area contributed by atoms with E-state index in [0.717, 1.165) is 12.8 Å². The van der Waals surface area contributed by atoms with Crippen LogP contribution in [0.15, 0.2) is 12.7 Å². The number of hydrogen-bond donors (Lipinski definition) is 3. The van der Waals surface area contributed by atoms with Crippen molar-refractivity contribution in [3.05, 3.63) is 12.7 Å². The molecule has 0 saturated carbocycles. The summed E-state index contributed by atoms with van der Waals surface area (Å²) in [4.78, 5) is 0. The van der Waals surface area contributed by atoms with E-state index in [4.69, 9.17) is 0 Å². The first-order chi connectivity index (χ1) is 7.92. The van der Waals surface area contributed by atoms with Crippen molar-refractivity contribution in [1.82, 2.24) is 0 Å². The normalized spacial score (nSPS) is 20.4. The first kappa shape index (κ1) is 16.6. The molecule has 0 aliphatic heterocycles. The lowest BCUT2D eigenvalue weighted by Gasteiger charge is -2.25. The minimum absolute atomic E-state index is 0.152. The van der Waals surface area contributed by atoms with Crippen LogP contribution in [0.4, 0.5) is 0 Å². The van der Waals surface area contributed by atoms with Crippen LogP contribution in [0.3, 0.4) is 0 Å². The van der Waals surface area contributed by atoms with Crippen LogP contribution in [-0.2, 0) is 0 Å². The van der Waals surface area contributed by atoms with Gasteiger partial charge in [0.2, 0.25) is 0 Å². The summed E-state index contributed by atoms with van der Waals surface area (Å²) in [6.07, 6.45) is 1.99. The summed E-state index contributed by atoms with van der Waals surface area (Å²) < 4.78 is 0. The van der Waals surface area contributed by atoms with Gasteiger partial charge in [-0.1, -0.05) is 39.7 Å². The SMILES string of the molecule is C=C[C@H](O)C[C@@H](O)[C@H](O)CC(C)C(C)CCC. The highest BCUT2D eigenvalue weighted by atomic mass is 16.3. The second-order valence-corrected chi connectivity index (χ2v) is 5.15. The van der Waals surface area contributed by atoms with Gasteiger partial charge in [0, 0.05) is 6.42 Å². The topological polar surface area (TPSA) is 60.7 Å². The van der Waals surface area contributed by atoms with Crippen LogP contribution in [0, 0.1) is 11.8 Å². The largest absolute Gasteiger partial charge is 0.390 e. The van der Waals surface area contributed by atoms with Crippen LogP contribution in [0.5, 0.6) is 0 Å². The van der Waals surface area contributed by atoms with Crippen LogP contribution in [0.25, 0.3) is 0 Å². The van der Waals surface area contributed by atoms with Gasteiger partial charge in [-0.3, -0.25) is 0 Å². The van der Waals surface area contributed by atoms with Gasteiger partial charge >= 0.3 is 0 Å². The standard InChI is InChI=1S/C14H28O3/c1-5-7-10(3)11(4)8-13(16)14(17)9-12(15)6-2/h6,10-17H,2,5,7-9H2,1,3-4H3/t10?,11?,12-,13+,14+/m0/s1. The summed E-state index contributed by atoms with van der Waals surface area (Å²) in [7, 11) is 0. The highest BCUT2D eigenvalue weighted by Crippen LogP contribution is 2.23. The van der Waals surface area contributed by atoms with Crippen molar-refractivity contribution >= 4 is 0 Å². The maximum Gasteiger partial charge on any atom is 0.0826 e. The molecule has 0 saturated heterocycles. The van der Waals surface area contributed by atoms with Crippen molar-refractivity contribution < 1.29 is 15.3 Å². The molecule has 0 radical (unpaired) electrons. The van der Waals surface area contributed by atoms with E-state index in [1.54, 1.807) is 0 Å². The second-order valence-electron chi connectivity index (χ2n) is 5.15. The van der Waals surface area contributed by atoms with Crippen molar-refractivity contribution in [3.8, 4) is 0 Å². The first-order valence-electron chi connectivity index (χ1n) is 6.59. The molecule has 0 aliphatic rings. The van der Waals surface area contributed by atoms with Crippen LogP contribution in [0.1, 0.15) is 46.5 Å². The van der Waals surface area contributed by atoms with E-state index in [-0.39, 0.29) is 6.42 Å². The zero-order valence-electron chi connectivity index (χ0n) is 11.3. The minimum Gasteiger partial charge on any atom is -0.390 e. The molecule has 3 nitrogen and oxygen atoms in total. The Morgan fingerprint density at radius 3 is 2.00 bits per heavy atom. The molecule has 0 rings (SSSR count). The maximum absolute atomic E-state index is 9.85. The molecule has 0 bridgehead atoms. The van der Waals surface area contributed by atoms with Gasteiger partial charge < -0.3 is 15.3 Å². The molecule has 0 spiro atoms. The van der Waals surface area contributed by atoms with Crippen molar-refractivity contribution in [1.29, 1.82) is 0 Å². The number of rotatable bonds is 9. The van der Waals surface area contributed by atoms with Crippen molar-refractivity contribution in [3.63, 3.8) is 0 Å². The summed E-state index contributed by atoms with van der Waals surface area (Å²) in [5.74, 6) is 0.923. The molecule has 17 heavy (non-hydrogen) atoms. The van der Waals surface area contributed by atoms with Gasteiger partial charge in [0.15, 0.2) is 0 Å². The lowest BCUT2D eigenvalue weighted by atomic mass is 9.86. The predicted molar refractivity (Wildman–Crippen MR) is 70.7 cm³/mol. The number of hydrogen-bond acceptors (Lipinski definition) is 3. The molecule has 0 amide bonds. The fourth-order valence-electron chi connectivity index (χ4n) is 2.01. The quantitative estimate of drug-likeness (QED) is 0.544. The zero-order valence-corrected chi connectivity index (χ0v) is 11.3. The summed E-state index contributed by atoms with van der Waals surface area (Å²) in [5, 5.41) is 28.9. The molecular formula is C14H28O3. The van der Waals surface area contributed by atoms with E-state index in [1.165, 1.54) is 6.08 Å². The Labute approximate surface area is 105 Å². The monoisotopic (exact) mass is 244 g/mol. The summed E-state index contributed by atoms with van der Waals surface area (Å²) in [6, 6.07) is 0. The van der Waals surface area contributed by atoms with Gasteiger partial charge in [0.05, 0.1) is 18.3 Å². The molecule has 2 unspecified atom stereocenters. The molecule has 3 N–H and O–H groups in total. The molecule has 0 fully saturated rings. The van der Waals surface area contributed by atoms with Gasteiger partial charge in [0.1, 0.15) is 0 Å². The van der Waals surface area contributed by atoms with Crippen LogP contribution >= 0.6 is 0 Å². The Morgan fingerprint density at radius 2 is 1.53 bits per heavy atom. The zero-order chi connectivity index (χ0) is 13.4. The van der Waals surface area contributed by atoms with Crippen LogP contribution in [-0.4, -0.2) is 33.6 Å². The third-order valence-electron chi connectivity index (χ3n) is 3.53. The van der Waals surface area contributed by atoms with E-state index in [2.05, 4.69) is 27.4 Å². The Balaban J connectivity index is 4.05. The fourth-order valence-corrected chi connectivity index (χ4v) is 2.01. The Kier molecular flexibility index (Phi) is 8.48. The van der Waals surface area contributed by atoms with E-state index >= 15 is 0 Å². The number of aliphatic hydroxyl groups is 3. The average molecular weight is 244 g/mol. The smallest absolute Gasteiger partial charge is 0.0826 e. The van der Waals surface area contributed by atoms with Gasteiger partial charge in [-0.05, 0) is 18.3 Å². The highest BCUT2D eigenvalue weighted by Gasteiger charge is 2.23. The molecule has 5 atom stereocenters. The molecule has 0 aromatic carbocycles. The van der Waals surface area contributed by atoms with Gasteiger partial charge in [0.25, 0.3) is 0 Å². The minimum atomic E-state index is -0.876. The van der Waals surface area contributed by atoms with E-state index in [0.29, 0.717) is 18.3 Å². The molecule has 0 aromatic heterocycles. The van der Waals surface area contributed by atoms with Crippen LogP contribution < -0.4 is 0 Å². The van der Waals surface area contributed by atoms with Gasteiger partial charge in [-0.25, -0.2) is 0 Å². The molecule has 0 aliphatic carbocycles. The van der Waals surface area contributed by atoms with E-state index in [1.807, 2.05) is 0 Å². The summed E-state index contributed by atoms with van der Waals surface area (Å²) in [5.41, 5.74) is 0. The Morgan fingerprint density at radius 1 is 1.00 bits per heavy atom. The molecule has 102 valence electrons. The molecule has 0 aromatic rings. The summed E-state index contributed by atoms with van der Waals surface area (Å²) in [6.45, 7) is 9.86. The number of aliphatic hydroxyl groups excluding tert-OH is 3. The van der Waals surface area contributed by atoms with Gasteiger partial charge in [-0.15, -0.1) is 6.58 Å².